The van der Waals surface area contributed by atoms with Crippen LogP contribution in [0.2, 0.25) is 18.1 Å². The summed E-state index contributed by atoms with van der Waals surface area (Å²) < 4.78 is 27.9. The normalized spacial score (nSPS) is 20.4. The molecule has 9 heteroatoms. The Bertz CT molecular complexity index is 1690. The van der Waals surface area contributed by atoms with Gasteiger partial charge in [0, 0.05) is 18.2 Å². The van der Waals surface area contributed by atoms with Crippen LogP contribution < -0.4 is 16.0 Å². The number of aromatic amines is 1. The summed E-state index contributed by atoms with van der Waals surface area (Å²) in [5.74, 6) is 0.346. The van der Waals surface area contributed by atoms with E-state index in [1.807, 2.05) is 60.7 Å². The van der Waals surface area contributed by atoms with E-state index < -0.39 is 49.5 Å². The molecule has 8 nitrogen and oxygen atoms in total. The lowest BCUT2D eigenvalue weighted by Gasteiger charge is -2.41. The van der Waals surface area contributed by atoms with Crippen LogP contribution in [0.5, 0.6) is 5.75 Å². The second-order valence-electron chi connectivity index (χ2n) is 13.2. The second-order valence-corrected chi connectivity index (χ2v) is 17.9. The zero-order valence-corrected chi connectivity index (χ0v) is 28.4. The van der Waals surface area contributed by atoms with Crippen molar-refractivity contribution in [3.8, 4) is 5.75 Å². The third-order valence-electron chi connectivity index (χ3n) is 9.34. The molecule has 0 radical (unpaired) electrons. The summed E-state index contributed by atoms with van der Waals surface area (Å²) in [4.78, 5) is 27.3. The van der Waals surface area contributed by atoms with Gasteiger partial charge in [0.25, 0.3) is 5.56 Å². The predicted molar refractivity (Wildman–Crippen MR) is 183 cm³/mol. The van der Waals surface area contributed by atoms with Crippen LogP contribution in [0.3, 0.4) is 0 Å². The van der Waals surface area contributed by atoms with Gasteiger partial charge in [-0.2, -0.15) is 0 Å². The third kappa shape index (κ3) is 6.46. The van der Waals surface area contributed by atoms with Crippen molar-refractivity contribution in [1.82, 2.24) is 9.55 Å². The first-order chi connectivity index (χ1) is 21.9. The fourth-order valence-electron chi connectivity index (χ4n) is 5.82. The number of nitrogens with one attached hydrogen (secondary N) is 1. The summed E-state index contributed by atoms with van der Waals surface area (Å²) in [6, 6.07) is 29.4. The molecule has 1 fully saturated rings. The summed E-state index contributed by atoms with van der Waals surface area (Å²) in [5, 5.41) is -0.0854. The maximum atomic E-state index is 13.0. The molecule has 4 aromatic rings. The van der Waals surface area contributed by atoms with Crippen LogP contribution in [0.1, 0.15) is 43.7 Å². The predicted octanol–water partition coefficient (Wildman–Crippen LogP) is 6.64. The van der Waals surface area contributed by atoms with Crippen LogP contribution in [0.15, 0.2) is 119 Å². The van der Waals surface area contributed by atoms with Gasteiger partial charge in [-0.3, -0.25) is 14.3 Å². The van der Waals surface area contributed by atoms with Gasteiger partial charge in [-0.1, -0.05) is 99.6 Å². The largest absolute Gasteiger partial charge is 0.497 e. The van der Waals surface area contributed by atoms with E-state index in [0.29, 0.717) is 0 Å². The highest BCUT2D eigenvalue weighted by Crippen LogP contribution is 2.46. The first-order valence-electron chi connectivity index (χ1n) is 15.6. The number of H-pyrrole nitrogens is 1. The van der Waals surface area contributed by atoms with E-state index in [1.165, 1.54) is 16.8 Å². The number of hydrogen-bond acceptors (Lipinski definition) is 6. The van der Waals surface area contributed by atoms with E-state index in [0.717, 1.165) is 22.4 Å². The van der Waals surface area contributed by atoms with E-state index in [1.54, 1.807) is 13.2 Å². The molecular formula is C37H44N2O6Si. The monoisotopic (exact) mass is 640 g/mol. The Morgan fingerprint density at radius 3 is 1.96 bits per heavy atom. The summed E-state index contributed by atoms with van der Waals surface area (Å²) in [6.45, 7) is 15.2. The summed E-state index contributed by atoms with van der Waals surface area (Å²) in [6.07, 6.45) is 1.44. The standard InChI is InChI=1S/C37H44N2O6Si/c1-8-30-33(45-46(6,7)36(2,3)4)31(44-34(30)39-24-23-32(40)38-35(39)41)25-43-37(26-15-11-9-12-16-26,27-17-13-10-14-18-27)28-19-21-29(42-5)22-20-28/h8-24,30-31,33-34H,1,25H2,2-7H3,(H,38,40,41)/t30-,31-,33+,34-/m1/s1. The Balaban J connectivity index is 1.63. The molecule has 1 aromatic heterocycles. The highest BCUT2D eigenvalue weighted by Gasteiger charge is 2.51. The van der Waals surface area contributed by atoms with Crippen molar-refractivity contribution in [2.75, 3.05) is 13.7 Å². The van der Waals surface area contributed by atoms with Gasteiger partial charge in [-0.25, -0.2) is 4.79 Å². The van der Waals surface area contributed by atoms with Crippen LogP contribution in [0.25, 0.3) is 0 Å². The average Bonchev–Trinajstić information content (AvgIpc) is 3.38. The Labute approximate surface area is 271 Å². The SMILES string of the molecule is C=C[C@@H]1[C@H](O[Si](C)(C)C(C)(C)C)[C@@H](COC(c2ccccc2)(c2ccccc2)c2ccc(OC)cc2)O[C@H]1n1ccc(=O)[nH]c1=O. The van der Waals surface area contributed by atoms with E-state index in [9.17, 15) is 9.59 Å². The maximum absolute atomic E-state index is 13.0. The number of ether oxygens (including phenoxy) is 3. The number of aromatic nitrogens is 2. The Hall–Kier alpha value is -4.02. The smallest absolute Gasteiger partial charge is 0.330 e. The molecule has 3 aromatic carbocycles. The molecule has 0 unspecified atom stereocenters. The fraction of sp³-hybridized carbons (Fsp3) is 0.351. The van der Waals surface area contributed by atoms with E-state index >= 15 is 0 Å². The van der Waals surface area contributed by atoms with Crippen molar-refractivity contribution in [2.24, 2.45) is 5.92 Å². The number of nitrogens with zero attached hydrogens (tertiary/aromatic N) is 1. The Morgan fingerprint density at radius 2 is 1.46 bits per heavy atom. The lowest BCUT2D eigenvalue weighted by atomic mass is 9.80. The van der Waals surface area contributed by atoms with Gasteiger partial charge in [0.2, 0.25) is 0 Å². The summed E-state index contributed by atoms with van der Waals surface area (Å²) in [5.41, 5.74) is 0.756. The van der Waals surface area contributed by atoms with Gasteiger partial charge in [-0.15, -0.1) is 6.58 Å². The number of hydrogen-bond donors (Lipinski definition) is 1. The van der Waals surface area contributed by atoms with Gasteiger partial charge >= 0.3 is 5.69 Å². The quantitative estimate of drug-likeness (QED) is 0.112. The van der Waals surface area contributed by atoms with Crippen LogP contribution in [0.4, 0.5) is 0 Å². The molecular weight excluding hydrogens is 597 g/mol. The van der Waals surface area contributed by atoms with Crippen molar-refractivity contribution >= 4 is 8.32 Å². The molecule has 5 rings (SSSR count). The zero-order chi connectivity index (χ0) is 33.1. The number of benzene rings is 3. The fourth-order valence-corrected chi connectivity index (χ4v) is 7.16. The lowest BCUT2D eigenvalue weighted by Crippen LogP contribution is -2.49. The molecule has 0 amide bonds. The molecule has 4 atom stereocenters. The molecule has 0 saturated carbocycles. The minimum Gasteiger partial charge on any atom is -0.497 e. The molecule has 1 aliphatic heterocycles. The van der Waals surface area contributed by atoms with Crippen LogP contribution in [-0.2, 0) is 19.5 Å². The minimum absolute atomic E-state index is 0.0854. The lowest BCUT2D eigenvalue weighted by molar-refractivity contribution is -0.0932. The van der Waals surface area contributed by atoms with Crippen molar-refractivity contribution in [3.05, 3.63) is 147 Å². The van der Waals surface area contributed by atoms with Crippen LogP contribution in [-0.4, -0.2) is 43.8 Å². The molecule has 242 valence electrons. The van der Waals surface area contributed by atoms with Gasteiger partial charge < -0.3 is 18.6 Å². The van der Waals surface area contributed by atoms with Gasteiger partial charge in [0.1, 0.15) is 23.7 Å². The van der Waals surface area contributed by atoms with Crippen molar-refractivity contribution in [1.29, 1.82) is 0 Å². The molecule has 1 N–H and O–H groups in total. The van der Waals surface area contributed by atoms with Gasteiger partial charge in [0.15, 0.2) is 8.32 Å². The molecule has 0 bridgehead atoms. The number of rotatable bonds is 11. The highest BCUT2D eigenvalue weighted by atomic mass is 28.4. The van der Waals surface area contributed by atoms with Crippen LogP contribution in [0, 0.1) is 5.92 Å². The molecule has 0 spiro atoms. The molecule has 1 aliphatic rings. The molecule has 0 aliphatic carbocycles. The highest BCUT2D eigenvalue weighted by molar-refractivity contribution is 6.74. The van der Waals surface area contributed by atoms with E-state index in [2.05, 4.69) is 69.7 Å². The maximum Gasteiger partial charge on any atom is 0.330 e. The van der Waals surface area contributed by atoms with Crippen molar-refractivity contribution in [3.63, 3.8) is 0 Å². The average molecular weight is 641 g/mol. The Kier molecular flexibility index (Phi) is 9.69. The molecule has 46 heavy (non-hydrogen) atoms. The third-order valence-corrected chi connectivity index (χ3v) is 13.8. The minimum atomic E-state index is -2.34. The van der Waals surface area contributed by atoms with Crippen molar-refractivity contribution in [2.45, 2.75) is 62.9 Å². The van der Waals surface area contributed by atoms with E-state index in [4.69, 9.17) is 18.6 Å². The first kappa shape index (κ1) is 33.3. The zero-order valence-electron chi connectivity index (χ0n) is 27.4. The van der Waals surface area contributed by atoms with E-state index in [-0.39, 0.29) is 11.6 Å². The topological polar surface area (TPSA) is 91.8 Å². The van der Waals surface area contributed by atoms with Gasteiger partial charge in [-0.05, 0) is 47.0 Å². The summed E-state index contributed by atoms with van der Waals surface area (Å²) >= 11 is 0. The summed E-state index contributed by atoms with van der Waals surface area (Å²) in [7, 11) is -0.696. The Morgan fingerprint density at radius 1 is 0.891 bits per heavy atom. The second kappa shape index (κ2) is 13.4. The molecule has 1 saturated heterocycles. The first-order valence-corrected chi connectivity index (χ1v) is 18.5. The molecule has 2 heterocycles. The van der Waals surface area contributed by atoms with Crippen molar-refractivity contribution < 1.29 is 18.6 Å². The van der Waals surface area contributed by atoms with Crippen LogP contribution >= 0.6 is 0 Å². The van der Waals surface area contributed by atoms with Gasteiger partial charge in [0.05, 0.1) is 19.8 Å². The number of methoxy groups -OCH3 is 1.